The first kappa shape index (κ1) is 22.9. The number of carbonyl (C=O) groups is 1. The summed E-state index contributed by atoms with van der Waals surface area (Å²) in [6.45, 7) is 4.34. The Hall–Kier alpha value is -1.81. The molecule has 4 heteroatoms. The number of hydrogen-bond donors (Lipinski definition) is 1. The zero-order chi connectivity index (χ0) is 21.2. The lowest BCUT2D eigenvalue weighted by Crippen LogP contribution is -2.16. The fourth-order valence-electron chi connectivity index (χ4n) is 5.20. The molecular formula is C26H38O4. The van der Waals surface area contributed by atoms with Crippen molar-refractivity contribution in [2.75, 3.05) is 19.8 Å². The van der Waals surface area contributed by atoms with Gasteiger partial charge in [0.2, 0.25) is 0 Å². The topological polar surface area (TPSA) is 55.8 Å². The molecule has 0 atom stereocenters. The number of hydrogen-bond acceptors (Lipinski definition) is 4. The Labute approximate surface area is 181 Å². The quantitative estimate of drug-likeness (QED) is 0.295. The van der Waals surface area contributed by atoms with E-state index < -0.39 is 5.97 Å². The van der Waals surface area contributed by atoms with Gasteiger partial charge in [0.25, 0.3) is 0 Å². The molecule has 0 saturated heterocycles. The van der Waals surface area contributed by atoms with Crippen LogP contribution >= 0.6 is 0 Å². The fraction of sp³-hybridized carbons (Fsp3) is 0.654. The van der Waals surface area contributed by atoms with Gasteiger partial charge in [-0.2, -0.15) is 0 Å². The summed E-state index contributed by atoms with van der Waals surface area (Å²) in [4.78, 5) is 11.3. The third kappa shape index (κ3) is 6.60. The van der Waals surface area contributed by atoms with Crippen molar-refractivity contribution in [2.24, 2.45) is 5.92 Å². The van der Waals surface area contributed by atoms with Crippen molar-refractivity contribution in [3.05, 3.63) is 42.0 Å². The van der Waals surface area contributed by atoms with Crippen LogP contribution < -0.4 is 4.74 Å². The molecule has 2 aliphatic carbocycles. The van der Waals surface area contributed by atoms with Crippen LogP contribution in [0.1, 0.15) is 93.6 Å². The number of ether oxygens (including phenoxy) is 2. The van der Waals surface area contributed by atoms with Gasteiger partial charge in [-0.15, -0.1) is 0 Å². The van der Waals surface area contributed by atoms with Crippen LogP contribution in [0, 0.1) is 5.92 Å². The van der Waals surface area contributed by atoms with E-state index in [9.17, 15) is 4.79 Å². The minimum Gasteiger partial charge on any atom is -0.490 e. The molecule has 30 heavy (non-hydrogen) atoms. The number of esters is 1. The Morgan fingerprint density at radius 3 is 2.50 bits per heavy atom. The van der Waals surface area contributed by atoms with Gasteiger partial charge < -0.3 is 14.6 Å². The van der Waals surface area contributed by atoms with Crippen LogP contribution in [-0.4, -0.2) is 30.9 Å². The zero-order valence-electron chi connectivity index (χ0n) is 18.3. The van der Waals surface area contributed by atoms with E-state index in [-0.39, 0.29) is 6.61 Å². The molecule has 2 saturated carbocycles. The lowest BCUT2D eigenvalue weighted by molar-refractivity contribution is -0.138. The van der Waals surface area contributed by atoms with Crippen LogP contribution in [0.3, 0.4) is 0 Å². The van der Waals surface area contributed by atoms with Crippen molar-refractivity contribution in [1.29, 1.82) is 0 Å². The molecule has 4 nitrogen and oxygen atoms in total. The van der Waals surface area contributed by atoms with Crippen LogP contribution in [0.4, 0.5) is 0 Å². The standard InChI is InChI=1S/C26H38O4/c1-2-26(28)30-18-17-29-25-19-23(21-8-4-3-5-9-21)14-15-24(25)22-12-10-20(11-13-22)7-6-16-27/h2,14-15,19-22,27H,1,3-13,16-18H2. The van der Waals surface area contributed by atoms with Gasteiger partial charge in [-0.25, -0.2) is 4.79 Å². The van der Waals surface area contributed by atoms with E-state index in [1.807, 2.05) is 0 Å². The van der Waals surface area contributed by atoms with Gasteiger partial charge in [0.15, 0.2) is 0 Å². The molecule has 0 spiro atoms. The second-order valence-corrected chi connectivity index (χ2v) is 8.94. The summed E-state index contributed by atoms with van der Waals surface area (Å²) < 4.78 is 11.3. The molecule has 1 aromatic carbocycles. The lowest BCUT2D eigenvalue weighted by atomic mass is 9.76. The molecule has 0 radical (unpaired) electrons. The van der Waals surface area contributed by atoms with Crippen LogP contribution in [-0.2, 0) is 9.53 Å². The Morgan fingerprint density at radius 2 is 1.80 bits per heavy atom. The third-order valence-electron chi connectivity index (χ3n) is 6.92. The largest absolute Gasteiger partial charge is 0.490 e. The zero-order valence-corrected chi connectivity index (χ0v) is 18.3. The number of benzene rings is 1. The minimum absolute atomic E-state index is 0.242. The molecule has 0 amide bonds. The molecule has 1 N–H and O–H groups in total. The molecule has 0 aliphatic heterocycles. The summed E-state index contributed by atoms with van der Waals surface area (Å²) in [6, 6.07) is 6.89. The normalized spacial score (nSPS) is 22.4. The van der Waals surface area contributed by atoms with Crippen LogP contribution in [0.25, 0.3) is 0 Å². The molecule has 2 aliphatic rings. The monoisotopic (exact) mass is 414 g/mol. The SMILES string of the molecule is C=CC(=O)OCCOc1cc(C2CCCCC2)ccc1C1CCC(CCCO)CC1. The highest BCUT2D eigenvalue weighted by atomic mass is 16.6. The first-order chi connectivity index (χ1) is 14.7. The lowest BCUT2D eigenvalue weighted by Gasteiger charge is -2.30. The van der Waals surface area contributed by atoms with Gasteiger partial charge in [-0.3, -0.25) is 0 Å². The van der Waals surface area contributed by atoms with Gasteiger partial charge >= 0.3 is 5.97 Å². The number of rotatable bonds is 10. The van der Waals surface area contributed by atoms with Crippen LogP contribution in [0.5, 0.6) is 5.75 Å². The maximum Gasteiger partial charge on any atom is 0.330 e. The Bertz CT molecular complexity index is 670. The van der Waals surface area contributed by atoms with E-state index in [0.717, 1.165) is 24.5 Å². The third-order valence-corrected chi connectivity index (χ3v) is 6.92. The van der Waals surface area contributed by atoms with Crippen LogP contribution in [0.15, 0.2) is 30.9 Å². The van der Waals surface area contributed by atoms with Crippen LogP contribution in [0.2, 0.25) is 0 Å². The van der Waals surface area contributed by atoms with Crippen molar-refractivity contribution in [3.8, 4) is 5.75 Å². The van der Waals surface area contributed by atoms with Gasteiger partial charge in [0, 0.05) is 12.7 Å². The van der Waals surface area contributed by atoms with Crippen molar-refractivity contribution in [1.82, 2.24) is 0 Å². The van der Waals surface area contributed by atoms with E-state index in [1.54, 1.807) is 0 Å². The Morgan fingerprint density at radius 1 is 1.03 bits per heavy atom. The summed E-state index contributed by atoms with van der Waals surface area (Å²) in [5, 5.41) is 9.10. The first-order valence-corrected chi connectivity index (χ1v) is 11.9. The molecule has 2 fully saturated rings. The highest BCUT2D eigenvalue weighted by molar-refractivity contribution is 5.81. The number of aliphatic hydroxyl groups is 1. The van der Waals surface area contributed by atoms with E-state index in [2.05, 4.69) is 24.8 Å². The van der Waals surface area contributed by atoms with Crippen molar-refractivity contribution in [2.45, 2.75) is 82.5 Å². The molecular weight excluding hydrogens is 376 g/mol. The van der Waals surface area contributed by atoms with Gasteiger partial charge in [-0.05, 0) is 86.3 Å². The average molecular weight is 415 g/mol. The van der Waals surface area contributed by atoms with Crippen molar-refractivity contribution < 1.29 is 19.4 Å². The summed E-state index contributed by atoms with van der Waals surface area (Å²) in [7, 11) is 0. The molecule has 3 rings (SSSR count). The maximum atomic E-state index is 11.3. The molecule has 1 aromatic rings. The van der Waals surface area contributed by atoms with E-state index >= 15 is 0 Å². The second kappa shape index (κ2) is 12.1. The predicted octanol–water partition coefficient (Wildman–Crippen LogP) is 5.89. The second-order valence-electron chi connectivity index (χ2n) is 8.94. The Balaban J connectivity index is 1.67. The summed E-state index contributed by atoms with van der Waals surface area (Å²) >= 11 is 0. The molecule has 166 valence electrons. The molecule has 0 unspecified atom stereocenters. The highest BCUT2D eigenvalue weighted by Crippen LogP contribution is 2.43. The molecule has 0 aromatic heterocycles. The molecule has 0 bridgehead atoms. The molecule has 0 heterocycles. The first-order valence-electron chi connectivity index (χ1n) is 11.9. The van der Waals surface area contributed by atoms with E-state index in [1.165, 1.54) is 75.0 Å². The van der Waals surface area contributed by atoms with E-state index in [4.69, 9.17) is 14.6 Å². The number of carbonyl (C=O) groups excluding carboxylic acids is 1. The van der Waals surface area contributed by atoms with E-state index in [0.29, 0.717) is 25.0 Å². The predicted molar refractivity (Wildman–Crippen MR) is 120 cm³/mol. The van der Waals surface area contributed by atoms with Gasteiger partial charge in [0.05, 0.1) is 0 Å². The van der Waals surface area contributed by atoms with Crippen molar-refractivity contribution >= 4 is 5.97 Å². The summed E-state index contributed by atoms with van der Waals surface area (Å²) in [5.41, 5.74) is 2.71. The smallest absolute Gasteiger partial charge is 0.330 e. The Kier molecular flexibility index (Phi) is 9.26. The minimum atomic E-state index is -0.406. The highest BCUT2D eigenvalue weighted by Gasteiger charge is 2.25. The average Bonchev–Trinajstić information content (AvgIpc) is 2.81. The number of aliphatic hydroxyl groups excluding tert-OH is 1. The fourth-order valence-corrected chi connectivity index (χ4v) is 5.20. The van der Waals surface area contributed by atoms with Gasteiger partial charge in [-0.1, -0.05) is 38.0 Å². The van der Waals surface area contributed by atoms with Gasteiger partial charge in [0.1, 0.15) is 19.0 Å². The summed E-state index contributed by atoms with van der Waals surface area (Å²) in [6.07, 6.45) is 14.6. The van der Waals surface area contributed by atoms with Crippen molar-refractivity contribution in [3.63, 3.8) is 0 Å². The summed E-state index contributed by atoms with van der Waals surface area (Å²) in [5.74, 6) is 2.49. The maximum absolute atomic E-state index is 11.3.